The van der Waals surface area contributed by atoms with Gasteiger partial charge in [-0.25, -0.2) is 13.8 Å². The zero-order valence-electron chi connectivity index (χ0n) is 20.7. The third-order valence-corrected chi connectivity index (χ3v) is 5.96. The molecule has 192 valence electrons. The molecule has 5 aromatic rings. The minimum Gasteiger partial charge on any atom is -0.493 e. The molecule has 0 atom stereocenters. The van der Waals surface area contributed by atoms with Crippen LogP contribution in [0.1, 0.15) is 0 Å². The Labute approximate surface area is 216 Å². The van der Waals surface area contributed by atoms with E-state index in [1.54, 1.807) is 42.6 Å². The Bertz CT molecular complexity index is 1720. The normalized spacial score (nSPS) is 10.9. The minimum atomic E-state index is -0.677. The summed E-state index contributed by atoms with van der Waals surface area (Å²) in [4.78, 5) is 21.6. The molecular weight excluding hydrogens is 494 g/mol. The van der Waals surface area contributed by atoms with E-state index >= 15 is 4.39 Å². The van der Waals surface area contributed by atoms with Gasteiger partial charge in [0.25, 0.3) is 5.56 Å². The van der Waals surface area contributed by atoms with Gasteiger partial charge in [-0.2, -0.15) is 0 Å². The molecule has 2 heterocycles. The molecule has 0 aliphatic rings. The first-order valence-corrected chi connectivity index (χ1v) is 11.5. The monoisotopic (exact) mass is 516 g/mol. The molecule has 1 N–H and O–H groups in total. The summed E-state index contributed by atoms with van der Waals surface area (Å²) in [6.45, 7) is 0. The lowest BCUT2D eigenvalue weighted by molar-refractivity contribution is 0.355. The van der Waals surface area contributed by atoms with Gasteiger partial charge in [0.1, 0.15) is 11.6 Å². The summed E-state index contributed by atoms with van der Waals surface area (Å²) < 4.78 is 47.0. The molecule has 2 aromatic heterocycles. The number of ether oxygens (including phenoxy) is 3. The fraction of sp³-hybridized carbons (Fsp3) is 0.107. The van der Waals surface area contributed by atoms with Crippen molar-refractivity contribution in [1.29, 1.82) is 0 Å². The standard InChI is InChI=1S/C28H22F2N4O4/c1-34-27(35)18(15-32-28(34)33-21-7-5-4-6-19(21)29)16-8-9-24(20(30)12-16)38-23-10-11-31-22-14-26(37-3)25(36-2)13-17(22)23/h4-15H,1-3H3,(H,32,33). The van der Waals surface area contributed by atoms with Crippen LogP contribution in [0.4, 0.5) is 20.4 Å². The van der Waals surface area contributed by atoms with Crippen LogP contribution in [0.25, 0.3) is 22.0 Å². The van der Waals surface area contributed by atoms with Crippen LogP contribution in [0.2, 0.25) is 0 Å². The van der Waals surface area contributed by atoms with E-state index in [0.29, 0.717) is 33.7 Å². The lowest BCUT2D eigenvalue weighted by Gasteiger charge is -2.14. The van der Waals surface area contributed by atoms with E-state index in [4.69, 9.17) is 14.2 Å². The number of fused-ring (bicyclic) bond motifs is 1. The first-order valence-electron chi connectivity index (χ1n) is 11.5. The summed E-state index contributed by atoms with van der Waals surface area (Å²) in [6.07, 6.45) is 2.86. The number of anilines is 2. The van der Waals surface area contributed by atoms with Gasteiger partial charge in [-0.1, -0.05) is 18.2 Å². The first kappa shape index (κ1) is 24.7. The average Bonchev–Trinajstić information content (AvgIpc) is 2.93. The Morgan fingerprint density at radius 2 is 1.61 bits per heavy atom. The summed E-state index contributed by atoms with van der Waals surface area (Å²) >= 11 is 0. The van der Waals surface area contributed by atoms with Crippen LogP contribution in [-0.4, -0.2) is 28.8 Å². The van der Waals surface area contributed by atoms with Gasteiger partial charge >= 0.3 is 0 Å². The molecule has 0 amide bonds. The summed E-state index contributed by atoms with van der Waals surface area (Å²) in [5, 5.41) is 3.40. The van der Waals surface area contributed by atoms with Crippen molar-refractivity contribution in [3.8, 4) is 34.1 Å². The van der Waals surface area contributed by atoms with Crippen LogP contribution in [0.15, 0.2) is 77.9 Å². The van der Waals surface area contributed by atoms with Crippen molar-refractivity contribution in [2.24, 2.45) is 7.05 Å². The lowest BCUT2D eigenvalue weighted by Crippen LogP contribution is -2.22. The van der Waals surface area contributed by atoms with Gasteiger partial charge in [-0.15, -0.1) is 0 Å². The van der Waals surface area contributed by atoms with Crippen molar-refractivity contribution in [3.05, 3.63) is 95.0 Å². The minimum absolute atomic E-state index is 0.0429. The molecule has 38 heavy (non-hydrogen) atoms. The molecule has 5 rings (SSSR count). The summed E-state index contributed by atoms with van der Waals surface area (Å²) in [7, 11) is 4.53. The zero-order chi connectivity index (χ0) is 26.8. The molecule has 8 nitrogen and oxygen atoms in total. The molecule has 0 spiro atoms. The maximum absolute atomic E-state index is 15.2. The predicted molar refractivity (Wildman–Crippen MR) is 139 cm³/mol. The highest BCUT2D eigenvalue weighted by atomic mass is 19.1. The third kappa shape index (κ3) is 4.59. The van der Waals surface area contributed by atoms with Gasteiger partial charge in [-0.3, -0.25) is 14.3 Å². The van der Waals surface area contributed by atoms with Crippen molar-refractivity contribution in [3.63, 3.8) is 0 Å². The van der Waals surface area contributed by atoms with E-state index in [9.17, 15) is 9.18 Å². The number of hydrogen-bond donors (Lipinski definition) is 1. The van der Waals surface area contributed by atoms with Gasteiger partial charge in [0.2, 0.25) is 5.95 Å². The SMILES string of the molecule is COc1cc2nccc(Oc3ccc(-c4cnc(Nc5ccccc5F)n(C)c4=O)cc3F)c2cc1OC. The smallest absolute Gasteiger partial charge is 0.262 e. The second-order valence-electron chi connectivity index (χ2n) is 8.25. The second-order valence-corrected chi connectivity index (χ2v) is 8.25. The van der Waals surface area contributed by atoms with Gasteiger partial charge < -0.3 is 19.5 Å². The van der Waals surface area contributed by atoms with E-state index in [1.807, 2.05) is 0 Å². The number of benzene rings is 3. The molecule has 0 radical (unpaired) electrons. The number of nitrogens with zero attached hydrogens (tertiary/aromatic N) is 3. The predicted octanol–water partition coefficient (Wildman–Crippen LogP) is 5.83. The summed E-state index contributed by atoms with van der Waals surface area (Å²) in [5.41, 5.74) is 0.800. The highest BCUT2D eigenvalue weighted by Crippen LogP contribution is 2.37. The van der Waals surface area contributed by atoms with Gasteiger partial charge in [-0.05, 0) is 42.0 Å². The third-order valence-electron chi connectivity index (χ3n) is 5.96. The van der Waals surface area contributed by atoms with Crippen LogP contribution in [0.5, 0.6) is 23.0 Å². The lowest BCUT2D eigenvalue weighted by atomic mass is 10.1. The van der Waals surface area contributed by atoms with Gasteiger partial charge in [0, 0.05) is 30.9 Å². The molecule has 0 aliphatic carbocycles. The molecule has 0 fully saturated rings. The van der Waals surface area contributed by atoms with Gasteiger partial charge in [0.15, 0.2) is 23.1 Å². The molecule has 0 aliphatic heterocycles. The highest BCUT2D eigenvalue weighted by Gasteiger charge is 2.16. The molecule has 0 saturated heterocycles. The number of nitrogens with one attached hydrogen (secondary N) is 1. The van der Waals surface area contributed by atoms with Gasteiger partial charge in [0.05, 0.1) is 31.0 Å². The van der Waals surface area contributed by atoms with Crippen molar-refractivity contribution in [2.45, 2.75) is 0 Å². The second kappa shape index (κ2) is 10.2. The Balaban J connectivity index is 1.45. The fourth-order valence-corrected chi connectivity index (χ4v) is 3.95. The molecule has 0 bridgehead atoms. The Hall–Kier alpha value is -4.99. The van der Waals surface area contributed by atoms with Crippen LogP contribution in [0, 0.1) is 11.6 Å². The molecule has 0 saturated carbocycles. The Morgan fingerprint density at radius 3 is 2.34 bits per heavy atom. The summed E-state index contributed by atoms with van der Waals surface area (Å²) in [6, 6.07) is 15.3. The Morgan fingerprint density at radius 1 is 0.842 bits per heavy atom. The first-order chi connectivity index (χ1) is 18.4. The van der Waals surface area contributed by atoms with Crippen molar-refractivity contribution >= 4 is 22.5 Å². The molecule has 10 heteroatoms. The van der Waals surface area contributed by atoms with E-state index in [2.05, 4.69) is 15.3 Å². The van der Waals surface area contributed by atoms with E-state index in [-0.39, 0.29) is 22.9 Å². The topological polar surface area (TPSA) is 87.5 Å². The number of halogens is 2. The van der Waals surface area contributed by atoms with Crippen molar-refractivity contribution in [2.75, 3.05) is 19.5 Å². The number of methoxy groups -OCH3 is 2. The molecule has 0 unspecified atom stereocenters. The van der Waals surface area contributed by atoms with E-state index in [1.165, 1.54) is 56.3 Å². The number of aromatic nitrogens is 3. The maximum atomic E-state index is 15.2. The Kier molecular flexibility index (Phi) is 6.61. The van der Waals surface area contributed by atoms with Crippen molar-refractivity contribution < 1.29 is 23.0 Å². The number of rotatable bonds is 7. The van der Waals surface area contributed by atoms with Crippen LogP contribution >= 0.6 is 0 Å². The number of hydrogen-bond acceptors (Lipinski definition) is 7. The molecular formula is C28H22F2N4O4. The van der Waals surface area contributed by atoms with Crippen LogP contribution < -0.4 is 25.1 Å². The number of para-hydroxylation sites is 1. The largest absolute Gasteiger partial charge is 0.493 e. The van der Waals surface area contributed by atoms with Crippen LogP contribution in [0.3, 0.4) is 0 Å². The average molecular weight is 517 g/mol. The van der Waals surface area contributed by atoms with E-state index < -0.39 is 17.2 Å². The fourth-order valence-electron chi connectivity index (χ4n) is 3.95. The van der Waals surface area contributed by atoms with E-state index in [0.717, 1.165) is 0 Å². The number of pyridine rings is 1. The quantitative estimate of drug-likeness (QED) is 0.291. The zero-order valence-corrected chi connectivity index (χ0v) is 20.7. The molecule has 3 aromatic carbocycles. The maximum Gasteiger partial charge on any atom is 0.262 e. The van der Waals surface area contributed by atoms with Crippen molar-refractivity contribution in [1.82, 2.24) is 14.5 Å². The summed E-state index contributed by atoms with van der Waals surface area (Å²) in [5.74, 6) is 0.283. The van der Waals surface area contributed by atoms with Crippen LogP contribution in [-0.2, 0) is 7.05 Å². The highest BCUT2D eigenvalue weighted by molar-refractivity contribution is 5.88.